The Bertz CT molecular complexity index is 2510. The summed E-state index contributed by atoms with van der Waals surface area (Å²) < 4.78 is 0. The maximum Gasteiger partial charge on any atom is 0.0473 e. The Kier molecular flexibility index (Phi) is 9.18. The molecule has 9 rings (SSSR count). The fourth-order valence-electron chi connectivity index (χ4n) is 7.65. The summed E-state index contributed by atoms with van der Waals surface area (Å²) in [7, 11) is 0. The topological polar surface area (TPSA) is 26.0 Å². The molecule has 9 aromatic carbocycles. The van der Waals surface area contributed by atoms with Crippen LogP contribution in [0.2, 0.25) is 0 Å². The third-order valence-corrected chi connectivity index (χ3v) is 10.5. The van der Waals surface area contributed by atoms with E-state index >= 15 is 0 Å². The molecule has 9 aromatic rings. The summed E-state index contributed by atoms with van der Waals surface area (Å²) in [5.74, 6) is 0. The summed E-state index contributed by atoms with van der Waals surface area (Å²) in [4.78, 5) is 0. The summed E-state index contributed by atoms with van der Waals surface area (Å²) in [6.45, 7) is 0. The van der Waals surface area contributed by atoms with Crippen LogP contribution in [0.5, 0.6) is 0 Å². The molecule has 2 N–H and O–H groups in total. The number of nitrogens with two attached hydrogens (primary N) is 1. The number of rotatable bonds is 8. The van der Waals surface area contributed by atoms with Gasteiger partial charge in [0, 0.05) is 16.8 Å². The van der Waals surface area contributed by atoms with Crippen molar-refractivity contribution >= 4 is 5.69 Å². The minimum Gasteiger partial charge on any atom is -0.398 e. The summed E-state index contributed by atoms with van der Waals surface area (Å²) in [5.41, 5.74) is 26.4. The Labute approximate surface area is 323 Å². The lowest BCUT2D eigenvalue weighted by molar-refractivity contribution is 1.54. The largest absolute Gasteiger partial charge is 0.398 e. The SMILES string of the molecule is Nc1c(-c2ccc(-c3cc(-c4ccccc4)ccc3-c3ccccc3)cc2)cccc1-c1ccc(-c2cc(-c3ccccc3)ccc2-c2ccccc2)cc1. The molecule has 0 aliphatic rings. The lowest BCUT2D eigenvalue weighted by Gasteiger charge is -2.16. The fraction of sp³-hybridized carbons (Fsp3) is 0. The standard InChI is InChI=1S/C54H39N/c55-54-50(42-24-28-44(29-25-42)52-36-46(38-14-5-1-6-15-38)32-34-48(52)40-18-9-3-10-19-40)22-13-23-51(54)43-26-30-45(31-27-43)53-37-47(39-16-7-2-8-17-39)33-35-49(53)41-20-11-4-12-21-41/h1-37H,55H2. The first kappa shape index (κ1) is 33.6. The van der Waals surface area contributed by atoms with E-state index in [1.54, 1.807) is 0 Å². The van der Waals surface area contributed by atoms with E-state index in [2.05, 4.69) is 224 Å². The molecule has 0 aliphatic heterocycles. The number of hydrogen-bond donors (Lipinski definition) is 1. The summed E-state index contributed by atoms with van der Waals surface area (Å²) in [5, 5.41) is 0. The van der Waals surface area contributed by atoms with E-state index in [0.29, 0.717) is 0 Å². The van der Waals surface area contributed by atoms with Crippen LogP contribution in [0.1, 0.15) is 0 Å². The van der Waals surface area contributed by atoms with Gasteiger partial charge in [0.1, 0.15) is 0 Å². The molecule has 0 atom stereocenters. The van der Waals surface area contributed by atoms with Crippen molar-refractivity contribution in [2.45, 2.75) is 0 Å². The number of anilines is 1. The van der Waals surface area contributed by atoms with E-state index in [0.717, 1.165) is 39.1 Å². The molecular weight excluding hydrogens is 663 g/mol. The molecule has 0 bridgehead atoms. The summed E-state index contributed by atoms with van der Waals surface area (Å²) in [6, 6.07) is 80.0. The van der Waals surface area contributed by atoms with Gasteiger partial charge in [0.15, 0.2) is 0 Å². The zero-order valence-electron chi connectivity index (χ0n) is 30.4. The van der Waals surface area contributed by atoms with Gasteiger partial charge in [0.05, 0.1) is 0 Å². The number of hydrogen-bond acceptors (Lipinski definition) is 1. The molecule has 0 saturated carbocycles. The van der Waals surface area contributed by atoms with Gasteiger partial charge in [-0.2, -0.15) is 0 Å². The first-order chi connectivity index (χ1) is 27.2. The van der Waals surface area contributed by atoms with Crippen molar-refractivity contribution in [3.8, 4) is 89.0 Å². The summed E-state index contributed by atoms with van der Waals surface area (Å²) >= 11 is 0. The quantitative estimate of drug-likeness (QED) is 0.157. The molecule has 0 saturated heterocycles. The van der Waals surface area contributed by atoms with Crippen LogP contribution in [0.15, 0.2) is 224 Å². The average molecular weight is 702 g/mol. The van der Waals surface area contributed by atoms with E-state index in [-0.39, 0.29) is 0 Å². The van der Waals surface area contributed by atoms with Crippen molar-refractivity contribution in [1.29, 1.82) is 0 Å². The maximum absolute atomic E-state index is 7.01. The lowest BCUT2D eigenvalue weighted by atomic mass is 9.89. The highest BCUT2D eigenvalue weighted by molar-refractivity contribution is 5.93. The van der Waals surface area contributed by atoms with E-state index in [4.69, 9.17) is 5.73 Å². The van der Waals surface area contributed by atoms with Gasteiger partial charge < -0.3 is 5.73 Å². The van der Waals surface area contributed by atoms with Gasteiger partial charge in [-0.05, 0) is 90.0 Å². The second-order valence-electron chi connectivity index (χ2n) is 13.9. The van der Waals surface area contributed by atoms with Crippen molar-refractivity contribution in [1.82, 2.24) is 0 Å². The van der Waals surface area contributed by atoms with Crippen molar-refractivity contribution in [2.75, 3.05) is 5.73 Å². The van der Waals surface area contributed by atoms with Crippen LogP contribution in [-0.2, 0) is 0 Å². The number of para-hydroxylation sites is 1. The Hall–Kier alpha value is -7.22. The lowest BCUT2D eigenvalue weighted by Crippen LogP contribution is -1.95. The maximum atomic E-state index is 7.01. The molecule has 0 heterocycles. The Morgan fingerprint density at radius 1 is 0.182 bits per heavy atom. The first-order valence-corrected chi connectivity index (χ1v) is 18.8. The Morgan fingerprint density at radius 3 is 0.800 bits per heavy atom. The molecule has 0 fully saturated rings. The Morgan fingerprint density at radius 2 is 0.455 bits per heavy atom. The van der Waals surface area contributed by atoms with E-state index in [1.165, 1.54) is 55.6 Å². The van der Waals surface area contributed by atoms with Gasteiger partial charge in [0.25, 0.3) is 0 Å². The highest BCUT2D eigenvalue weighted by Gasteiger charge is 2.14. The highest BCUT2D eigenvalue weighted by Crippen LogP contribution is 2.41. The molecule has 0 unspecified atom stereocenters. The smallest absolute Gasteiger partial charge is 0.0473 e. The van der Waals surface area contributed by atoms with Gasteiger partial charge in [-0.15, -0.1) is 0 Å². The molecule has 0 radical (unpaired) electrons. The van der Waals surface area contributed by atoms with Crippen LogP contribution < -0.4 is 5.73 Å². The van der Waals surface area contributed by atoms with Crippen molar-refractivity contribution < 1.29 is 0 Å². The van der Waals surface area contributed by atoms with Crippen molar-refractivity contribution in [2.24, 2.45) is 0 Å². The molecule has 1 nitrogen and oxygen atoms in total. The second-order valence-corrected chi connectivity index (χ2v) is 13.9. The van der Waals surface area contributed by atoms with Crippen LogP contribution >= 0.6 is 0 Å². The monoisotopic (exact) mass is 701 g/mol. The normalized spacial score (nSPS) is 11.0. The minimum absolute atomic E-state index is 0.773. The van der Waals surface area contributed by atoms with Gasteiger partial charge in [-0.25, -0.2) is 0 Å². The molecule has 0 aromatic heterocycles. The van der Waals surface area contributed by atoms with Crippen LogP contribution in [0.3, 0.4) is 0 Å². The van der Waals surface area contributed by atoms with Crippen LogP contribution in [0.25, 0.3) is 89.0 Å². The first-order valence-electron chi connectivity index (χ1n) is 18.8. The van der Waals surface area contributed by atoms with Gasteiger partial charge in [-0.3, -0.25) is 0 Å². The van der Waals surface area contributed by atoms with Crippen LogP contribution in [-0.4, -0.2) is 0 Å². The Balaban J connectivity index is 1.05. The predicted molar refractivity (Wildman–Crippen MR) is 234 cm³/mol. The molecule has 0 spiro atoms. The van der Waals surface area contributed by atoms with Gasteiger partial charge in [-0.1, -0.05) is 212 Å². The van der Waals surface area contributed by atoms with Gasteiger partial charge in [0.2, 0.25) is 0 Å². The zero-order valence-corrected chi connectivity index (χ0v) is 30.4. The molecule has 0 aliphatic carbocycles. The molecule has 1 heteroatoms. The highest BCUT2D eigenvalue weighted by atomic mass is 14.6. The van der Waals surface area contributed by atoms with Crippen LogP contribution in [0.4, 0.5) is 5.69 Å². The fourth-order valence-corrected chi connectivity index (χ4v) is 7.65. The third kappa shape index (κ3) is 6.88. The van der Waals surface area contributed by atoms with E-state index in [1.807, 2.05) is 0 Å². The second kappa shape index (κ2) is 15.0. The number of benzene rings is 9. The molecular formula is C54H39N. The summed E-state index contributed by atoms with van der Waals surface area (Å²) in [6.07, 6.45) is 0. The molecule has 0 amide bonds. The zero-order chi connectivity index (χ0) is 37.0. The van der Waals surface area contributed by atoms with Crippen molar-refractivity contribution in [3.63, 3.8) is 0 Å². The van der Waals surface area contributed by atoms with Crippen molar-refractivity contribution in [3.05, 3.63) is 224 Å². The van der Waals surface area contributed by atoms with Gasteiger partial charge >= 0.3 is 0 Å². The molecule has 55 heavy (non-hydrogen) atoms. The van der Waals surface area contributed by atoms with Crippen LogP contribution in [0, 0.1) is 0 Å². The molecule has 260 valence electrons. The van der Waals surface area contributed by atoms with E-state index in [9.17, 15) is 0 Å². The number of nitrogen functional groups attached to an aromatic ring is 1. The van der Waals surface area contributed by atoms with E-state index < -0.39 is 0 Å². The predicted octanol–water partition coefficient (Wildman–Crippen LogP) is 14.6. The average Bonchev–Trinajstić information content (AvgIpc) is 3.27. The third-order valence-electron chi connectivity index (χ3n) is 10.5. The minimum atomic E-state index is 0.773.